The standard InChI is InChI=1S/C16H13FIN5O2/c1-2-25-16(24)15-21-14(22-23-15)10-5-6-19-8-13(10)20-12-4-3-9(18)7-11(12)17/h3-8,20H,2H2,1H3,(H,21,22,23). The zero-order valence-corrected chi connectivity index (χ0v) is 15.2. The SMILES string of the molecule is CCOC(=O)c1nc(-c2ccncc2Nc2ccc(I)cc2F)n[nH]1. The highest BCUT2D eigenvalue weighted by Crippen LogP contribution is 2.28. The second-order valence-corrected chi connectivity index (χ2v) is 6.14. The van der Waals surface area contributed by atoms with Gasteiger partial charge in [-0.25, -0.2) is 14.2 Å². The molecule has 7 nitrogen and oxygen atoms in total. The van der Waals surface area contributed by atoms with Crippen molar-refractivity contribution in [3.05, 3.63) is 51.9 Å². The van der Waals surface area contributed by atoms with Gasteiger partial charge in [-0.1, -0.05) is 0 Å². The molecule has 0 fully saturated rings. The first-order valence-electron chi connectivity index (χ1n) is 7.34. The summed E-state index contributed by atoms with van der Waals surface area (Å²) in [6, 6.07) is 6.51. The van der Waals surface area contributed by atoms with E-state index in [0.29, 0.717) is 16.9 Å². The Morgan fingerprint density at radius 2 is 2.20 bits per heavy atom. The molecule has 0 amide bonds. The number of carbonyl (C=O) groups excluding carboxylic acids is 1. The van der Waals surface area contributed by atoms with E-state index in [1.165, 1.54) is 12.3 Å². The van der Waals surface area contributed by atoms with Crippen molar-refractivity contribution in [2.75, 3.05) is 11.9 Å². The molecular weight excluding hydrogens is 440 g/mol. The first kappa shape index (κ1) is 17.3. The average Bonchev–Trinajstić information content (AvgIpc) is 3.08. The maximum absolute atomic E-state index is 14.1. The van der Waals surface area contributed by atoms with Gasteiger partial charge in [0.25, 0.3) is 0 Å². The fraction of sp³-hybridized carbons (Fsp3) is 0.125. The number of ether oxygens (including phenoxy) is 1. The molecule has 0 bridgehead atoms. The number of rotatable bonds is 5. The number of esters is 1. The van der Waals surface area contributed by atoms with Gasteiger partial charge in [0.2, 0.25) is 5.82 Å². The van der Waals surface area contributed by atoms with E-state index in [2.05, 4.69) is 25.5 Å². The molecular formula is C16H13FIN5O2. The molecule has 2 N–H and O–H groups in total. The van der Waals surface area contributed by atoms with Gasteiger partial charge in [0.1, 0.15) is 5.82 Å². The molecule has 0 unspecified atom stereocenters. The number of aromatic nitrogens is 4. The smallest absolute Gasteiger partial charge is 0.375 e. The van der Waals surface area contributed by atoms with Crippen LogP contribution < -0.4 is 5.32 Å². The Hall–Kier alpha value is -2.56. The Labute approximate surface area is 156 Å². The van der Waals surface area contributed by atoms with Crippen molar-refractivity contribution in [2.45, 2.75) is 6.92 Å². The number of benzene rings is 1. The molecule has 0 atom stereocenters. The van der Waals surface area contributed by atoms with E-state index in [4.69, 9.17) is 4.74 Å². The number of H-pyrrole nitrogens is 1. The lowest BCUT2D eigenvalue weighted by atomic mass is 10.2. The van der Waals surface area contributed by atoms with Gasteiger partial charge in [0, 0.05) is 15.3 Å². The second kappa shape index (κ2) is 7.55. The van der Waals surface area contributed by atoms with Crippen LogP contribution in [0.25, 0.3) is 11.4 Å². The number of halogens is 2. The zero-order valence-electron chi connectivity index (χ0n) is 13.1. The first-order chi connectivity index (χ1) is 12.1. The molecule has 2 heterocycles. The van der Waals surface area contributed by atoms with Gasteiger partial charge in [0.05, 0.1) is 24.2 Å². The molecule has 2 aromatic heterocycles. The van der Waals surface area contributed by atoms with Crippen molar-refractivity contribution in [3.63, 3.8) is 0 Å². The quantitative estimate of drug-likeness (QED) is 0.454. The molecule has 0 saturated heterocycles. The second-order valence-electron chi connectivity index (χ2n) is 4.90. The molecule has 3 rings (SSSR count). The minimum atomic E-state index is -0.589. The number of pyridine rings is 1. The highest BCUT2D eigenvalue weighted by Gasteiger charge is 2.16. The van der Waals surface area contributed by atoms with Crippen molar-refractivity contribution in [3.8, 4) is 11.4 Å². The summed E-state index contributed by atoms with van der Waals surface area (Å²) in [4.78, 5) is 19.9. The number of aromatic amines is 1. The Balaban J connectivity index is 1.92. The molecule has 0 radical (unpaired) electrons. The summed E-state index contributed by atoms with van der Waals surface area (Å²) >= 11 is 2.04. The van der Waals surface area contributed by atoms with Crippen LogP contribution in [0.15, 0.2) is 36.7 Å². The third-order valence-corrected chi connectivity index (χ3v) is 3.89. The van der Waals surface area contributed by atoms with Crippen LogP contribution >= 0.6 is 22.6 Å². The summed E-state index contributed by atoms with van der Waals surface area (Å²) in [7, 11) is 0. The highest BCUT2D eigenvalue weighted by atomic mass is 127. The lowest BCUT2D eigenvalue weighted by Gasteiger charge is -2.10. The van der Waals surface area contributed by atoms with Gasteiger partial charge in [-0.3, -0.25) is 10.1 Å². The van der Waals surface area contributed by atoms with E-state index >= 15 is 0 Å². The van der Waals surface area contributed by atoms with E-state index in [1.807, 2.05) is 22.6 Å². The summed E-state index contributed by atoms with van der Waals surface area (Å²) in [6.07, 6.45) is 3.10. The summed E-state index contributed by atoms with van der Waals surface area (Å²) in [5.74, 6) is -0.698. The largest absolute Gasteiger partial charge is 0.460 e. The van der Waals surface area contributed by atoms with Gasteiger partial charge < -0.3 is 10.1 Å². The molecule has 0 spiro atoms. The normalized spacial score (nSPS) is 10.5. The van der Waals surface area contributed by atoms with Crippen LogP contribution in [0.5, 0.6) is 0 Å². The zero-order chi connectivity index (χ0) is 17.8. The number of hydrogen-bond donors (Lipinski definition) is 2. The Morgan fingerprint density at radius 3 is 2.96 bits per heavy atom. The van der Waals surface area contributed by atoms with Crippen LogP contribution in [-0.4, -0.2) is 32.7 Å². The number of nitrogens with one attached hydrogen (secondary N) is 2. The summed E-state index contributed by atoms with van der Waals surface area (Å²) in [5, 5.41) is 9.55. The van der Waals surface area contributed by atoms with Crippen LogP contribution in [0.1, 0.15) is 17.5 Å². The van der Waals surface area contributed by atoms with E-state index in [9.17, 15) is 9.18 Å². The van der Waals surface area contributed by atoms with Gasteiger partial charge in [-0.05, 0) is 53.8 Å². The first-order valence-corrected chi connectivity index (χ1v) is 8.42. The lowest BCUT2D eigenvalue weighted by Crippen LogP contribution is -2.06. The Kier molecular flexibility index (Phi) is 5.22. The molecule has 1 aromatic carbocycles. The van der Waals surface area contributed by atoms with E-state index in [0.717, 1.165) is 3.57 Å². The number of anilines is 2. The van der Waals surface area contributed by atoms with Gasteiger partial charge in [-0.15, -0.1) is 0 Å². The van der Waals surface area contributed by atoms with Crippen LogP contribution in [0.2, 0.25) is 0 Å². The monoisotopic (exact) mass is 453 g/mol. The topological polar surface area (TPSA) is 92.8 Å². The number of carbonyl (C=O) groups is 1. The summed E-state index contributed by atoms with van der Waals surface area (Å²) in [6.45, 7) is 1.94. The predicted molar refractivity (Wildman–Crippen MR) is 98.0 cm³/mol. The molecule has 0 aliphatic heterocycles. The van der Waals surface area contributed by atoms with Crippen molar-refractivity contribution in [1.82, 2.24) is 20.2 Å². The fourth-order valence-electron chi connectivity index (χ4n) is 2.10. The van der Waals surface area contributed by atoms with E-state index < -0.39 is 5.97 Å². The van der Waals surface area contributed by atoms with E-state index in [1.54, 1.807) is 31.3 Å². The average molecular weight is 453 g/mol. The lowest BCUT2D eigenvalue weighted by molar-refractivity contribution is 0.0512. The minimum Gasteiger partial charge on any atom is -0.460 e. The highest BCUT2D eigenvalue weighted by molar-refractivity contribution is 14.1. The van der Waals surface area contributed by atoms with Crippen LogP contribution in [0, 0.1) is 9.39 Å². The van der Waals surface area contributed by atoms with Crippen molar-refractivity contribution in [1.29, 1.82) is 0 Å². The maximum Gasteiger partial charge on any atom is 0.375 e. The van der Waals surface area contributed by atoms with E-state index in [-0.39, 0.29) is 24.1 Å². The fourth-order valence-corrected chi connectivity index (χ4v) is 2.55. The third-order valence-electron chi connectivity index (χ3n) is 3.22. The maximum atomic E-state index is 14.1. The number of hydrogen-bond acceptors (Lipinski definition) is 6. The van der Waals surface area contributed by atoms with Crippen LogP contribution in [0.4, 0.5) is 15.8 Å². The van der Waals surface area contributed by atoms with Crippen LogP contribution in [-0.2, 0) is 4.74 Å². The Bertz CT molecular complexity index is 915. The third kappa shape index (κ3) is 3.92. The number of nitrogens with zero attached hydrogens (tertiary/aromatic N) is 3. The van der Waals surface area contributed by atoms with Gasteiger partial charge in [-0.2, -0.15) is 5.10 Å². The van der Waals surface area contributed by atoms with Crippen molar-refractivity contribution in [2.24, 2.45) is 0 Å². The van der Waals surface area contributed by atoms with Gasteiger partial charge in [0.15, 0.2) is 5.82 Å². The molecule has 0 saturated carbocycles. The molecule has 25 heavy (non-hydrogen) atoms. The minimum absolute atomic E-state index is 0.0000534. The molecule has 0 aliphatic carbocycles. The Morgan fingerprint density at radius 1 is 1.36 bits per heavy atom. The van der Waals surface area contributed by atoms with Crippen LogP contribution in [0.3, 0.4) is 0 Å². The predicted octanol–water partition coefficient (Wildman–Crippen LogP) is 3.53. The van der Waals surface area contributed by atoms with Crippen molar-refractivity contribution < 1.29 is 13.9 Å². The van der Waals surface area contributed by atoms with Gasteiger partial charge >= 0.3 is 5.97 Å². The molecule has 9 heteroatoms. The molecule has 128 valence electrons. The summed E-state index contributed by atoms with van der Waals surface area (Å²) < 4.78 is 19.7. The molecule has 0 aliphatic rings. The molecule has 3 aromatic rings. The summed E-state index contributed by atoms with van der Waals surface area (Å²) in [5.41, 5.74) is 1.38. The van der Waals surface area contributed by atoms with Crippen molar-refractivity contribution >= 4 is 39.9 Å².